The van der Waals surface area contributed by atoms with Crippen LogP contribution in [0.4, 0.5) is 0 Å². The molecular weight excluding hydrogens is 517 g/mol. The van der Waals surface area contributed by atoms with Crippen LogP contribution in [-0.4, -0.2) is 11.7 Å². The van der Waals surface area contributed by atoms with Gasteiger partial charge in [-0.25, -0.2) is 0 Å². The Kier molecular flexibility index (Phi) is 31.5. The molecule has 0 bridgehead atoms. The number of rotatable bonds is 22. The summed E-state index contributed by atoms with van der Waals surface area (Å²) in [5.41, 5.74) is 1.12. The van der Waals surface area contributed by atoms with Gasteiger partial charge in [-0.2, -0.15) is 6.42 Å². The molecule has 0 saturated carbocycles. The number of ether oxygens (including phenoxy) is 1. The molecule has 2 atom stereocenters. The van der Waals surface area contributed by atoms with Gasteiger partial charge in [-0.05, 0) is 30.0 Å². The first-order valence-electron chi connectivity index (χ1n) is 15.2. The zero-order chi connectivity index (χ0) is 26.0. The van der Waals surface area contributed by atoms with Crippen molar-refractivity contribution < 1.29 is 42.6 Å². The van der Waals surface area contributed by atoms with Crippen molar-refractivity contribution in [3.63, 3.8) is 0 Å². The molecule has 36 heavy (non-hydrogen) atoms. The van der Waals surface area contributed by atoms with E-state index in [1.807, 2.05) is 12.1 Å². The number of unbranched alkanes of at least 4 members (excludes halogenated alkanes) is 12. The van der Waals surface area contributed by atoms with Crippen LogP contribution in [0.5, 0.6) is 5.75 Å². The first kappa shape index (κ1) is 38.2. The van der Waals surface area contributed by atoms with E-state index in [-0.39, 0.29) is 32.7 Å². The zero-order valence-corrected chi connectivity index (χ0v) is 27.6. The van der Waals surface area contributed by atoms with Gasteiger partial charge in [0.15, 0.2) is 0 Å². The molecule has 1 aromatic carbocycles. The van der Waals surface area contributed by atoms with Crippen molar-refractivity contribution in [2.75, 3.05) is 6.61 Å². The summed E-state index contributed by atoms with van der Waals surface area (Å²) in [7, 11) is 0. The van der Waals surface area contributed by atoms with Crippen molar-refractivity contribution >= 4 is 0 Å². The maximum atomic E-state index is 9.22. The van der Waals surface area contributed by atoms with Crippen LogP contribution in [0.1, 0.15) is 149 Å². The average Bonchev–Trinajstić information content (AvgIpc) is 2.87. The third-order valence-electron chi connectivity index (χ3n) is 7.05. The van der Waals surface area contributed by atoms with Gasteiger partial charge in [0, 0.05) is 39.3 Å². The molecule has 0 fully saturated rings. The summed E-state index contributed by atoms with van der Waals surface area (Å²) in [5, 5.41) is 9.22. The second-order valence-corrected chi connectivity index (χ2v) is 10.8. The molecule has 0 heterocycles. The molecule has 1 N–H and O–H groups in total. The number of benzene rings is 1. The molecule has 0 aliphatic carbocycles. The maximum absolute atomic E-state index is 9.22. The quantitative estimate of drug-likeness (QED) is 0.110. The first-order valence-corrected chi connectivity index (χ1v) is 15.2. The number of hydrogen-bond acceptors (Lipinski definition) is 2. The van der Waals surface area contributed by atoms with E-state index < -0.39 is 0 Å². The molecule has 1 rings (SSSR count). The molecule has 0 amide bonds. The summed E-state index contributed by atoms with van der Waals surface area (Å²) in [6, 6.07) is 7.25. The van der Waals surface area contributed by atoms with Crippen LogP contribution in [0.3, 0.4) is 0 Å². The molecule has 1 aromatic rings. The molecule has 0 saturated heterocycles. The smallest absolute Gasteiger partial charge is 0.115 e. The fraction of sp³-hybridized carbons (Fsp3) is 0.788. The predicted octanol–water partition coefficient (Wildman–Crippen LogP) is 11.1. The summed E-state index contributed by atoms with van der Waals surface area (Å²) in [6.07, 6.45) is 24.7. The second-order valence-electron chi connectivity index (χ2n) is 10.8. The third kappa shape index (κ3) is 27.1. The van der Waals surface area contributed by atoms with Crippen LogP contribution in [0.15, 0.2) is 24.3 Å². The Morgan fingerprint density at radius 1 is 0.667 bits per heavy atom. The number of aromatic hydroxyl groups is 1. The monoisotopic (exact) mass is 578 g/mol. The van der Waals surface area contributed by atoms with Crippen molar-refractivity contribution in [2.24, 2.45) is 11.8 Å². The molecule has 1 radical (unpaired) electrons. The SMILES string of the molecule is CCCCCCCCCC(C)CCOCc1ccc(O)cc1.[CH2-]CC(C)CCCCCCCCC.[Y]. The Balaban J connectivity index is 0. The largest absolute Gasteiger partial charge is 0.508 e. The van der Waals surface area contributed by atoms with Gasteiger partial charge in [0.25, 0.3) is 0 Å². The summed E-state index contributed by atoms with van der Waals surface area (Å²) < 4.78 is 5.72. The van der Waals surface area contributed by atoms with Crippen LogP contribution in [-0.2, 0) is 44.1 Å². The molecule has 209 valence electrons. The Morgan fingerprint density at radius 2 is 1.11 bits per heavy atom. The van der Waals surface area contributed by atoms with Crippen LogP contribution in [0.2, 0.25) is 0 Å². The summed E-state index contributed by atoms with van der Waals surface area (Å²) in [4.78, 5) is 0. The van der Waals surface area contributed by atoms with E-state index >= 15 is 0 Å². The minimum absolute atomic E-state index is 0. The van der Waals surface area contributed by atoms with Crippen LogP contribution in [0.25, 0.3) is 0 Å². The van der Waals surface area contributed by atoms with E-state index in [2.05, 4.69) is 34.6 Å². The van der Waals surface area contributed by atoms with E-state index in [0.29, 0.717) is 12.4 Å². The Labute approximate surface area is 252 Å². The summed E-state index contributed by atoms with van der Waals surface area (Å²) >= 11 is 0. The molecule has 2 nitrogen and oxygen atoms in total. The molecule has 0 aliphatic heterocycles. The fourth-order valence-electron chi connectivity index (χ4n) is 4.26. The average molecular weight is 579 g/mol. The van der Waals surface area contributed by atoms with Crippen LogP contribution >= 0.6 is 0 Å². The summed E-state index contributed by atoms with van der Waals surface area (Å²) in [6.45, 7) is 14.6. The Hall–Kier alpha value is 0.0839. The van der Waals surface area contributed by atoms with E-state index in [9.17, 15) is 5.11 Å². The first-order chi connectivity index (χ1) is 17.0. The van der Waals surface area contributed by atoms with E-state index in [1.54, 1.807) is 12.1 Å². The van der Waals surface area contributed by atoms with Gasteiger partial charge < -0.3 is 16.8 Å². The molecule has 0 spiro atoms. The third-order valence-corrected chi connectivity index (χ3v) is 7.05. The maximum Gasteiger partial charge on any atom is 0.115 e. The van der Waals surface area contributed by atoms with E-state index in [1.165, 1.54) is 103 Å². The van der Waals surface area contributed by atoms with E-state index in [4.69, 9.17) is 4.74 Å². The van der Waals surface area contributed by atoms with Crippen molar-refractivity contribution in [3.05, 3.63) is 36.8 Å². The van der Waals surface area contributed by atoms with Gasteiger partial charge in [0.2, 0.25) is 0 Å². The number of hydrogen-bond donors (Lipinski definition) is 1. The van der Waals surface area contributed by atoms with Crippen molar-refractivity contribution in [1.29, 1.82) is 0 Å². The zero-order valence-electron chi connectivity index (χ0n) is 24.7. The van der Waals surface area contributed by atoms with Gasteiger partial charge in [0.1, 0.15) is 5.75 Å². The molecular formula is C33H61O2Y-. The molecule has 3 heteroatoms. The fourth-order valence-corrected chi connectivity index (χ4v) is 4.26. The standard InChI is InChI=1S/C20H34O2.C13H27.Y/c1-3-4-5-6-7-8-9-10-18(2)15-16-22-17-19-11-13-20(21)14-12-19;1-4-6-7-8-9-10-11-12-13(3)5-2;/h11-14,18,21H,3-10,15-17H2,1-2H3;13H,2,4-12H2,1,3H3;/q;-1;. The number of phenolic OH excluding ortho intramolecular Hbond substituents is 1. The molecule has 0 aliphatic rings. The van der Waals surface area contributed by atoms with Crippen molar-refractivity contribution in [2.45, 2.75) is 150 Å². The topological polar surface area (TPSA) is 29.5 Å². The van der Waals surface area contributed by atoms with Gasteiger partial charge >= 0.3 is 0 Å². The van der Waals surface area contributed by atoms with Gasteiger partial charge in [-0.15, -0.1) is 0 Å². The minimum atomic E-state index is 0. The second kappa shape index (κ2) is 29.6. The Morgan fingerprint density at radius 3 is 1.58 bits per heavy atom. The normalized spacial score (nSPS) is 12.4. The van der Waals surface area contributed by atoms with Gasteiger partial charge in [-0.3, -0.25) is 0 Å². The number of phenols is 1. The molecule has 2 unspecified atom stereocenters. The van der Waals surface area contributed by atoms with Crippen LogP contribution < -0.4 is 0 Å². The molecule has 0 aromatic heterocycles. The Bertz CT molecular complexity index is 531. The van der Waals surface area contributed by atoms with Gasteiger partial charge in [-0.1, -0.05) is 148 Å². The summed E-state index contributed by atoms with van der Waals surface area (Å²) in [5.74, 6) is 1.91. The van der Waals surface area contributed by atoms with E-state index in [0.717, 1.165) is 36.8 Å². The van der Waals surface area contributed by atoms with Crippen molar-refractivity contribution in [1.82, 2.24) is 0 Å². The van der Waals surface area contributed by atoms with Crippen molar-refractivity contribution in [3.8, 4) is 5.75 Å². The minimum Gasteiger partial charge on any atom is -0.508 e. The predicted molar refractivity (Wildman–Crippen MR) is 156 cm³/mol. The van der Waals surface area contributed by atoms with Gasteiger partial charge in [0.05, 0.1) is 6.61 Å². The van der Waals surface area contributed by atoms with Crippen LogP contribution in [0, 0.1) is 18.8 Å².